The molecule has 0 bridgehead atoms. The SMILES string of the molecule is Nc1n[nH]c(Cc2ccncc2)n1. The lowest BCUT2D eigenvalue weighted by Crippen LogP contribution is -1.91. The Hall–Kier alpha value is -1.91. The molecule has 5 heteroatoms. The van der Waals surface area contributed by atoms with Crippen LogP contribution in [-0.4, -0.2) is 20.2 Å². The van der Waals surface area contributed by atoms with Gasteiger partial charge in [0.1, 0.15) is 5.82 Å². The van der Waals surface area contributed by atoms with E-state index < -0.39 is 0 Å². The summed E-state index contributed by atoms with van der Waals surface area (Å²) in [5.74, 6) is 1.05. The Balaban J connectivity index is 2.15. The Morgan fingerprint density at radius 3 is 2.69 bits per heavy atom. The number of hydrogen-bond acceptors (Lipinski definition) is 4. The minimum Gasteiger partial charge on any atom is -0.367 e. The smallest absolute Gasteiger partial charge is 0.239 e. The Kier molecular flexibility index (Phi) is 1.91. The Labute approximate surface area is 75.0 Å². The van der Waals surface area contributed by atoms with Crippen LogP contribution in [0.4, 0.5) is 5.95 Å². The van der Waals surface area contributed by atoms with Gasteiger partial charge in [0.25, 0.3) is 0 Å². The summed E-state index contributed by atoms with van der Waals surface area (Å²) in [6, 6.07) is 3.86. The highest BCUT2D eigenvalue weighted by Crippen LogP contribution is 2.03. The van der Waals surface area contributed by atoms with Crippen molar-refractivity contribution < 1.29 is 0 Å². The number of aromatic amines is 1. The van der Waals surface area contributed by atoms with Gasteiger partial charge in [0.2, 0.25) is 5.95 Å². The Bertz CT molecular complexity index is 380. The first-order chi connectivity index (χ1) is 6.34. The minimum atomic E-state index is 0.282. The molecule has 5 nitrogen and oxygen atoms in total. The molecule has 0 radical (unpaired) electrons. The maximum absolute atomic E-state index is 5.37. The normalized spacial score (nSPS) is 10.2. The third kappa shape index (κ3) is 1.81. The zero-order valence-electron chi connectivity index (χ0n) is 6.94. The Morgan fingerprint density at radius 1 is 1.31 bits per heavy atom. The molecule has 0 atom stereocenters. The van der Waals surface area contributed by atoms with Crippen LogP contribution < -0.4 is 5.73 Å². The quantitative estimate of drug-likeness (QED) is 0.691. The first-order valence-electron chi connectivity index (χ1n) is 3.90. The van der Waals surface area contributed by atoms with Crippen molar-refractivity contribution in [1.29, 1.82) is 0 Å². The molecule has 0 aliphatic heterocycles. The van der Waals surface area contributed by atoms with E-state index in [1.165, 1.54) is 0 Å². The average molecular weight is 175 g/mol. The second-order valence-corrected chi connectivity index (χ2v) is 2.67. The average Bonchev–Trinajstić information content (AvgIpc) is 2.53. The number of nitrogens with two attached hydrogens (primary N) is 1. The largest absolute Gasteiger partial charge is 0.367 e. The number of nitrogens with zero attached hydrogens (tertiary/aromatic N) is 3. The molecule has 0 aromatic carbocycles. The van der Waals surface area contributed by atoms with Gasteiger partial charge in [0, 0.05) is 18.8 Å². The van der Waals surface area contributed by atoms with Crippen LogP contribution in [0.2, 0.25) is 0 Å². The summed E-state index contributed by atoms with van der Waals surface area (Å²) < 4.78 is 0. The second-order valence-electron chi connectivity index (χ2n) is 2.67. The first-order valence-corrected chi connectivity index (χ1v) is 3.90. The van der Waals surface area contributed by atoms with Gasteiger partial charge in [-0.1, -0.05) is 0 Å². The van der Waals surface area contributed by atoms with E-state index in [0.29, 0.717) is 6.42 Å². The van der Waals surface area contributed by atoms with Crippen LogP contribution in [0, 0.1) is 0 Å². The van der Waals surface area contributed by atoms with Crippen molar-refractivity contribution in [2.75, 3.05) is 5.73 Å². The van der Waals surface area contributed by atoms with Gasteiger partial charge in [0.15, 0.2) is 0 Å². The lowest BCUT2D eigenvalue weighted by Gasteiger charge is -1.94. The summed E-state index contributed by atoms with van der Waals surface area (Å²) in [6.07, 6.45) is 4.19. The second kappa shape index (κ2) is 3.22. The number of pyridine rings is 1. The molecular weight excluding hydrogens is 166 g/mol. The fourth-order valence-electron chi connectivity index (χ4n) is 1.08. The number of nitrogens with one attached hydrogen (secondary N) is 1. The first kappa shape index (κ1) is 7.72. The highest BCUT2D eigenvalue weighted by Gasteiger charge is 2.00. The lowest BCUT2D eigenvalue weighted by atomic mass is 10.2. The topological polar surface area (TPSA) is 80.5 Å². The Morgan fingerprint density at radius 2 is 2.08 bits per heavy atom. The molecule has 0 fully saturated rings. The van der Waals surface area contributed by atoms with Gasteiger partial charge in [-0.3, -0.25) is 10.1 Å². The van der Waals surface area contributed by atoms with E-state index in [1.807, 2.05) is 12.1 Å². The van der Waals surface area contributed by atoms with E-state index in [4.69, 9.17) is 5.73 Å². The number of aromatic nitrogens is 4. The monoisotopic (exact) mass is 175 g/mol. The molecule has 0 aliphatic carbocycles. The van der Waals surface area contributed by atoms with Crippen LogP contribution >= 0.6 is 0 Å². The van der Waals surface area contributed by atoms with E-state index in [9.17, 15) is 0 Å². The van der Waals surface area contributed by atoms with Gasteiger partial charge in [-0.25, -0.2) is 0 Å². The molecule has 2 aromatic heterocycles. The van der Waals surface area contributed by atoms with E-state index in [1.54, 1.807) is 12.4 Å². The third-order valence-corrected chi connectivity index (χ3v) is 1.67. The molecule has 0 unspecified atom stereocenters. The van der Waals surface area contributed by atoms with Gasteiger partial charge >= 0.3 is 0 Å². The van der Waals surface area contributed by atoms with Gasteiger partial charge < -0.3 is 5.73 Å². The van der Waals surface area contributed by atoms with Crippen molar-refractivity contribution in [3.63, 3.8) is 0 Å². The van der Waals surface area contributed by atoms with Crippen LogP contribution in [0.25, 0.3) is 0 Å². The maximum Gasteiger partial charge on any atom is 0.239 e. The number of nitrogen functional groups attached to an aromatic ring is 1. The highest BCUT2D eigenvalue weighted by molar-refractivity contribution is 5.19. The fourth-order valence-corrected chi connectivity index (χ4v) is 1.08. The number of H-pyrrole nitrogens is 1. The summed E-state index contributed by atoms with van der Waals surface area (Å²) in [4.78, 5) is 7.92. The fraction of sp³-hybridized carbons (Fsp3) is 0.125. The standard InChI is InChI=1S/C8H9N5/c9-8-11-7(12-13-8)5-6-1-3-10-4-2-6/h1-4H,5H2,(H3,9,11,12,13). The molecule has 0 saturated carbocycles. The molecule has 0 amide bonds. The summed E-state index contributed by atoms with van der Waals surface area (Å²) in [6.45, 7) is 0. The van der Waals surface area contributed by atoms with Gasteiger partial charge in [-0.05, 0) is 17.7 Å². The van der Waals surface area contributed by atoms with Crippen LogP contribution in [0.5, 0.6) is 0 Å². The molecule has 2 aromatic rings. The number of rotatable bonds is 2. The van der Waals surface area contributed by atoms with E-state index in [0.717, 1.165) is 11.4 Å². The van der Waals surface area contributed by atoms with Crippen LogP contribution in [0.1, 0.15) is 11.4 Å². The summed E-state index contributed by atoms with van der Waals surface area (Å²) in [5, 5.41) is 6.49. The van der Waals surface area contributed by atoms with E-state index in [2.05, 4.69) is 20.2 Å². The van der Waals surface area contributed by atoms with Crippen LogP contribution in [0.15, 0.2) is 24.5 Å². The molecule has 0 spiro atoms. The molecule has 0 aliphatic rings. The molecule has 3 N–H and O–H groups in total. The summed E-state index contributed by atoms with van der Waals surface area (Å²) in [5.41, 5.74) is 6.50. The zero-order valence-corrected chi connectivity index (χ0v) is 6.94. The molecule has 2 rings (SSSR count). The van der Waals surface area contributed by atoms with Crippen molar-refractivity contribution >= 4 is 5.95 Å². The highest BCUT2D eigenvalue weighted by atomic mass is 15.3. The van der Waals surface area contributed by atoms with Crippen molar-refractivity contribution in [3.8, 4) is 0 Å². The summed E-state index contributed by atoms with van der Waals surface area (Å²) >= 11 is 0. The van der Waals surface area contributed by atoms with Crippen LogP contribution in [-0.2, 0) is 6.42 Å². The molecular formula is C8H9N5. The molecule has 13 heavy (non-hydrogen) atoms. The molecule has 0 saturated heterocycles. The predicted octanol–water partition coefficient (Wildman–Crippen LogP) is 0.373. The van der Waals surface area contributed by atoms with E-state index >= 15 is 0 Å². The van der Waals surface area contributed by atoms with Crippen molar-refractivity contribution in [2.24, 2.45) is 0 Å². The predicted molar refractivity (Wildman–Crippen MR) is 47.8 cm³/mol. The zero-order chi connectivity index (χ0) is 9.10. The third-order valence-electron chi connectivity index (χ3n) is 1.67. The minimum absolute atomic E-state index is 0.282. The van der Waals surface area contributed by atoms with Crippen molar-refractivity contribution in [1.82, 2.24) is 20.2 Å². The maximum atomic E-state index is 5.37. The van der Waals surface area contributed by atoms with Gasteiger partial charge in [-0.2, -0.15) is 4.98 Å². The van der Waals surface area contributed by atoms with Gasteiger partial charge in [-0.15, -0.1) is 5.10 Å². The number of hydrogen-bond donors (Lipinski definition) is 2. The summed E-state index contributed by atoms with van der Waals surface area (Å²) in [7, 11) is 0. The molecule has 66 valence electrons. The van der Waals surface area contributed by atoms with E-state index in [-0.39, 0.29) is 5.95 Å². The van der Waals surface area contributed by atoms with Gasteiger partial charge in [0.05, 0.1) is 0 Å². The van der Waals surface area contributed by atoms with Crippen molar-refractivity contribution in [2.45, 2.75) is 6.42 Å². The number of anilines is 1. The lowest BCUT2D eigenvalue weighted by molar-refractivity contribution is 0.970. The molecule has 2 heterocycles. The van der Waals surface area contributed by atoms with Crippen molar-refractivity contribution in [3.05, 3.63) is 35.9 Å². The van der Waals surface area contributed by atoms with Crippen LogP contribution in [0.3, 0.4) is 0 Å².